The first kappa shape index (κ1) is 25.3. The molecule has 3 rings (SSSR count). The maximum Gasteiger partial charge on any atom is 0.242 e. The highest BCUT2D eigenvalue weighted by Gasteiger charge is 2.28. The van der Waals surface area contributed by atoms with Crippen molar-refractivity contribution in [2.24, 2.45) is 0 Å². The minimum Gasteiger partial charge on any atom is -0.497 e. The van der Waals surface area contributed by atoms with Gasteiger partial charge >= 0.3 is 0 Å². The molecule has 0 saturated heterocycles. The molecule has 34 heavy (non-hydrogen) atoms. The highest BCUT2D eigenvalue weighted by atomic mass is 16.5. The van der Waals surface area contributed by atoms with Gasteiger partial charge in [0.1, 0.15) is 11.8 Å². The van der Waals surface area contributed by atoms with Gasteiger partial charge in [0.25, 0.3) is 0 Å². The van der Waals surface area contributed by atoms with E-state index in [2.05, 4.69) is 36.5 Å². The third kappa shape index (κ3) is 6.60. The Kier molecular flexibility index (Phi) is 9.51. The van der Waals surface area contributed by atoms with Crippen LogP contribution in [0.5, 0.6) is 5.75 Å². The standard InChI is InChI=1S/C29H36N2O3/c1-4-6-20-30-29(33)27(5-2)31(21-22-14-17-25(34-3)18-15-22)28(32)19-16-24-12-9-11-23-10-7-8-13-26(23)24/h7-15,17-18,27H,4-6,16,19-21H2,1-3H3,(H,30,33)/t27-/m0/s1. The number of unbranched alkanes of at least 4 members (excludes halogenated alkanes) is 1. The van der Waals surface area contributed by atoms with E-state index >= 15 is 0 Å². The topological polar surface area (TPSA) is 58.6 Å². The van der Waals surface area contributed by atoms with E-state index in [0.717, 1.165) is 29.7 Å². The zero-order valence-electron chi connectivity index (χ0n) is 20.5. The molecule has 0 saturated carbocycles. The minimum absolute atomic E-state index is 0.0127. The van der Waals surface area contributed by atoms with Gasteiger partial charge in [-0.05, 0) is 53.3 Å². The highest BCUT2D eigenvalue weighted by molar-refractivity contribution is 5.89. The number of hydrogen-bond donors (Lipinski definition) is 1. The fraction of sp³-hybridized carbons (Fsp3) is 0.379. The van der Waals surface area contributed by atoms with Gasteiger partial charge in [0, 0.05) is 19.5 Å². The largest absolute Gasteiger partial charge is 0.497 e. The average Bonchev–Trinajstić information content (AvgIpc) is 2.87. The molecule has 180 valence electrons. The van der Waals surface area contributed by atoms with E-state index in [1.54, 1.807) is 12.0 Å². The first-order chi connectivity index (χ1) is 16.6. The Hall–Kier alpha value is -3.34. The molecular weight excluding hydrogens is 424 g/mol. The van der Waals surface area contributed by atoms with Crippen molar-refractivity contribution in [3.05, 3.63) is 77.9 Å². The van der Waals surface area contributed by atoms with Crippen LogP contribution in [-0.4, -0.2) is 36.4 Å². The smallest absolute Gasteiger partial charge is 0.242 e. The number of nitrogens with zero attached hydrogens (tertiary/aromatic N) is 1. The molecule has 3 aromatic carbocycles. The number of benzene rings is 3. The second-order valence-electron chi connectivity index (χ2n) is 8.58. The van der Waals surface area contributed by atoms with Gasteiger partial charge in [0.15, 0.2) is 0 Å². The van der Waals surface area contributed by atoms with Crippen LogP contribution in [0.15, 0.2) is 66.7 Å². The van der Waals surface area contributed by atoms with Gasteiger partial charge in [-0.1, -0.05) is 74.9 Å². The van der Waals surface area contributed by atoms with Gasteiger partial charge < -0.3 is 15.0 Å². The van der Waals surface area contributed by atoms with Crippen LogP contribution in [0.2, 0.25) is 0 Å². The predicted molar refractivity (Wildman–Crippen MR) is 138 cm³/mol. The van der Waals surface area contributed by atoms with Crippen molar-refractivity contribution in [1.29, 1.82) is 0 Å². The Morgan fingerprint density at radius 3 is 2.41 bits per heavy atom. The number of nitrogens with one attached hydrogen (secondary N) is 1. The van der Waals surface area contributed by atoms with Crippen molar-refractivity contribution in [1.82, 2.24) is 10.2 Å². The second kappa shape index (κ2) is 12.8. The lowest BCUT2D eigenvalue weighted by atomic mass is 10.00. The van der Waals surface area contributed by atoms with Gasteiger partial charge in [0.05, 0.1) is 7.11 Å². The number of ether oxygens (including phenoxy) is 1. The maximum absolute atomic E-state index is 13.5. The first-order valence-electron chi connectivity index (χ1n) is 12.2. The summed E-state index contributed by atoms with van der Waals surface area (Å²) in [5.41, 5.74) is 2.12. The SMILES string of the molecule is CCCCNC(=O)[C@H](CC)N(Cc1ccc(OC)cc1)C(=O)CCc1cccc2ccccc12. The van der Waals surface area contributed by atoms with E-state index in [0.29, 0.717) is 32.4 Å². The molecule has 0 fully saturated rings. The van der Waals surface area contributed by atoms with Crippen LogP contribution in [0.25, 0.3) is 10.8 Å². The van der Waals surface area contributed by atoms with Crippen LogP contribution in [-0.2, 0) is 22.6 Å². The number of hydrogen-bond acceptors (Lipinski definition) is 3. The average molecular weight is 461 g/mol. The number of carbonyl (C=O) groups is 2. The van der Waals surface area contributed by atoms with E-state index in [4.69, 9.17) is 4.74 Å². The van der Waals surface area contributed by atoms with E-state index in [1.807, 2.05) is 49.4 Å². The molecule has 5 nitrogen and oxygen atoms in total. The number of amides is 2. The first-order valence-corrected chi connectivity index (χ1v) is 12.2. The van der Waals surface area contributed by atoms with Crippen molar-refractivity contribution in [2.75, 3.05) is 13.7 Å². The molecule has 0 heterocycles. The Bertz CT molecular complexity index is 1070. The molecule has 0 unspecified atom stereocenters. The van der Waals surface area contributed by atoms with Crippen molar-refractivity contribution >= 4 is 22.6 Å². The van der Waals surface area contributed by atoms with E-state index < -0.39 is 6.04 Å². The highest BCUT2D eigenvalue weighted by Crippen LogP contribution is 2.22. The van der Waals surface area contributed by atoms with Crippen molar-refractivity contribution < 1.29 is 14.3 Å². The Labute approximate surface area is 203 Å². The summed E-state index contributed by atoms with van der Waals surface area (Å²) in [5, 5.41) is 5.36. The maximum atomic E-state index is 13.5. The molecule has 3 aromatic rings. The lowest BCUT2D eigenvalue weighted by Gasteiger charge is -2.31. The van der Waals surface area contributed by atoms with Gasteiger partial charge in [-0.2, -0.15) is 0 Å². The third-order valence-corrected chi connectivity index (χ3v) is 6.22. The van der Waals surface area contributed by atoms with Crippen LogP contribution >= 0.6 is 0 Å². The van der Waals surface area contributed by atoms with Crippen molar-refractivity contribution in [3.63, 3.8) is 0 Å². The molecule has 1 atom stereocenters. The van der Waals surface area contributed by atoms with Gasteiger partial charge in [-0.15, -0.1) is 0 Å². The van der Waals surface area contributed by atoms with Crippen LogP contribution in [0.4, 0.5) is 0 Å². The minimum atomic E-state index is -0.501. The number of aryl methyl sites for hydroxylation is 1. The van der Waals surface area contributed by atoms with Crippen molar-refractivity contribution in [3.8, 4) is 5.75 Å². The Morgan fingerprint density at radius 2 is 1.71 bits per heavy atom. The lowest BCUT2D eigenvalue weighted by molar-refractivity contribution is -0.141. The van der Waals surface area contributed by atoms with Crippen molar-refractivity contribution in [2.45, 2.75) is 58.5 Å². The lowest BCUT2D eigenvalue weighted by Crippen LogP contribution is -2.49. The molecular formula is C29H36N2O3. The van der Waals surface area contributed by atoms with Crippen LogP contribution in [0.3, 0.4) is 0 Å². The van der Waals surface area contributed by atoms with Crippen LogP contribution in [0.1, 0.15) is 50.7 Å². The summed E-state index contributed by atoms with van der Waals surface area (Å²) in [6, 6.07) is 21.6. The molecule has 0 aromatic heterocycles. The fourth-order valence-corrected chi connectivity index (χ4v) is 4.25. The molecule has 0 aliphatic rings. The summed E-state index contributed by atoms with van der Waals surface area (Å²) < 4.78 is 5.26. The predicted octanol–water partition coefficient (Wildman–Crippen LogP) is 5.50. The second-order valence-corrected chi connectivity index (χ2v) is 8.58. The number of rotatable bonds is 12. The number of methoxy groups -OCH3 is 1. The van der Waals surface area contributed by atoms with Gasteiger partial charge in [-0.3, -0.25) is 9.59 Å². The zero-order chi connectivity index (χ0) is 24.3. The zero-order valence-corrected chi connectivity index (χ0v) is 20.5. The Balaban J connectivity index is 1.80. The fourth-order valence-electron chi connectivity index (χ4n) is 4.25. The normalized spacial score (nSPS) is 11.7. The number of fused-ring (bicyclic) bond motifs is 1. The summed E-state index contributed by atoms with van der Waals surface area (Å²) in [4.78, 5) is 28.3. The Morgan fingerprint density at radius 1 is 0.971 bits per heavy atom. The van der Waals surface area contributed by atoms with E-state index in [1.165, 1.54) is 10.8 Å². The van der Waals surface area contributed by atoms with E-state index in [-0.39, 0.29) is 11.8 Å². The molecule has 0 aliphatic carbocycles. The third-order valence-electron chi connectivity index (χ3n) is 6.22. The quantitative estimate of drug-likeness (QED) is 0.363. The molecule has 0 radical (unpaired) electrons. The molecule has 0 aliphatic heterocycles. The molecule has 0 spiro atoms. The molecule has 1 N–H and O–H groups in total. The van der Waals surface area contributed by atoms with Crippen LogP contribution < -0.4 is 10.1 Å². The summed E-state index contributed by atoms with van der Waals surface area (Å²) in [6.07, 6.45) is 3.48. The molecule has 0 bridgehead atoms. The number of carbonyl (C=O) groups excluding carboxylic acids is 2. The molecule has 2 amide bonds. The van der Waals surface area contributed by atoms with Crippen LogP contribution in [0, 0.1) is 0 Å². The van der Waals surface area contributed by atoms with Gasteiger partial charge in [0.2, 0.25) is 11.8 Å². The summed E-state index contributed by atoms with van der Waals surface area (Å²) in [7, 11) is 1.63. The van der Waals surface area contributed by atoms with Gasteiger partial charge in [-0.25, -0.2) is 0 Å². The summed E-state index contributed by atoms with van der Waals surface area (Å²) in [6.45, 7) is 5.07. The summed E-state index contributed by atoms with van der Waals surface area (Å²) in [5.74, 6) is 0.672. The monoisotopic (exact) mass is 460 g/mol. The summed E-state index contributed by atoms with van der Waals surface area (Å²) >= 11 is 0. The van der Waals surface area contributed by atoms with E-state index in [9.17, 15) is 9.59 Å². The molecule has 5 heteroatoms.